The van der Waals surface area contributed by atoms with Gasteiger partial charge in [0.15, 0.2) is 15.0 Å². The normalized spacial score (nSPS) is 22.3. The Balaban J connectivity index is 1.99. The predicted octanol–water partition coefficient (Wildman–Crippen LogP) is 1.64. The monoisotopic (exact) mass is 288 g/mol. The zero-order chi connectivity index (χ0) is 13.3. The molecule has 18 heavy (non-hydrogen) atoms. The maximum absolute atomic E-state index is 11.9. The summed E-state index contributed by atoms with van der Waals surface area (Å²) in [5, 5.41) is 5.16. The molecule has 0 radical (unpaired) electrons. The van der Waals surface area contributed by atoms with Crippen LogP contribution in [0.4, 0.5) is 5.13 Å². The minimum atomic E-state index is -3.02. The van der Waals surface area contributed by atoms with E-state index in [-0.39, 0.29) is 17.4 Å². The Morgan fingerprint density at radius 3 is 2.78 bits per heavy atom. The number of anilines is 1. The second-order valence-electron chi connectivity index (χ2n) is 4.82. The summed E-state index contributed by atoms with van der Waals surface area (Å²) in [6, 6.07) is 0. The molecule has 0 spiro atoms. The number of rotatable bonds is 3. The van der Waals surface area contributed by atoms with E-state index in [0.29, 0.717) is 17.5 Å². The number of carbonyl (C=O) groups is 1. The van der Waals surface area contributed by atoms with Gasteiger partial charge in [0.2, 0.25) is 5.91 Å². The highest BCUT2D eigenvalue weighted by Crippen LogP contribution is 2.24. The van der Waals surface area contributed by atoms with Gasteiger partial charge < -0.3 is 5.32 Å². The first-order valence-electron chi connectivity index (χ1n) is 5.84. The van der Waals surface area contributed by atoms with Crippen LogP contribution in [-0.2, 0) is 14.6 Å². The van der Waals surface area contributed by atoms with Crippen LogP contribution in [0.1, 0.15) is 31.9 Å². The Morgan fingerprint density at radius 2 is 2.28 bits per heavy atom. The summed E-state index contributed by atoms with van der Waals surface area (Å²) in [6.07, 6.45) is 0.413. The third-order valence-electron chi connectivity index (χ3n) is 2.95. The zero-order valence-corrected chi connectivity index (χ0v) is 12.0. The molecule has 7 heteroatoms. The lowest BCUT2D eigenvalue weighted by atomic mass is 10.1. The van der Waals surface area contributed by atoms with Crippen LogP contribution in [0.2, 0.25) is 0 Å². The summed E-state index contributed by atoms with van der Waals surface area (Å²) < 4.78 is 22.6. The topological polar surface area (TPSA) is 76.1 Å². The summed E-state index contributed by atoms with van der Waals surface area (Å²) in [4.78, 5) is 16.2. The molecule has 1 aromatic rings. The molecule has 1 saturated heterocycles. The van der Waals surface area contributed by atoms with Crippen LogP contribution in [0, 0.1) is 5.92 Å². The summed E-state index contributed by atoms with van der Waals surface area (Å²) in [5.74, 6) is -0.276. The Morgan fingerprint density at radius 1 is 1.56 bits per heavy atom. The Kier molecular flexibility index (Phi) is 3.72. The number of hydrogen-bond acceptors (Lipinski definition) is 5. The highest BCUT2D eigenvalue weighted by Gasteiger charge is 2.33. The quantitative estimate of drug-likeness (QED) is 0.917. The fourth-order valence-electron chi connectivity index (χ4n) is 1.82. The second-order valence-corrected chi connectivity index (χ2v) is 7.91. The van der Waals surface area contributed by atoms with Crippen molar-refractivity contribution in [3.05, 3.63) is 11.1 Å². The second kappa shape index (κ2) is 4.97. The first-order valence-corrected chi connectivity index (χ1v) is 8.54. The molecule has 0 aliphatic carbocycles. The maximum atomic E-state index is 11.9. The van der Waals surface area contributed by atoms with E-state index < -0.39 is 15.8 Å². The lowest BCUT2D eigenvalue weighted by molar-refractivity contribution is -0.119. The number of amides is 1. The van der Waals surface area contributed by atoms with Gasteiger partial charge in [-0.3, -0.25) is 4.79 Å². The number of nitrogens with one attached hydrogen (secondary N) is 1. The van der Waals surface area contributed by atoms with Crippen LogP contribution in [0.25, 0.3) is 0 Å². The molecule has 5 nitrogen and oxygen atoms in total. The van der Waals surface area contributed by atoms with Crippen molar-refractivity contribution in [3.8, 4) is 0 Å². The van der Waals surface area contributed by atoms with E-state index in [9.17, 15) is 13.2 Å². The lowest BCUT2D eigenvalue weighted by Crippen LogP contribution is -2.23. The van der Waals surface area contributed by atoms with Gasteiger partial charge in [0.1, 0.15) is 0 Å². The van der Waals surface area contributed by atoms with Crippen molar-refractivity contribution in [2.24, 2.45) is 5.92 Å². The van der Waals surface area contributed by atoms with Gasteiger partial charge in [-0.05, 0) is 12.3 Å². The van der Waals surface area contributed by atoms with Crippen molar-refractivity contribution < 1.29 is 13.2 Å². The molecular formula is C11H16N2O3S2. The molecule has 1 unspecified atom stereocenters. The zero-order valence-electron chi connectivity index (χ0n) is 10.3. The minimum Gasteiger partial charge on any atom is -0.302 e. The van der Waals surface area contributed by atoms with Crippen LogP contribution < -0.4 is 5.32 Å². The summed E-state index contributed by atoms with van der Waals surface area (Å²) >= 11 is 1.37. The predicted molar refractivity (Wildman–Crippen MR) is 71.6 cm³/mol. The molecule has 1 aromatic heterocycles. The average molecular weight is 288 g/mol. The van der Waals surface area contributed by atoms with Gasteiger partial charge >= 0.3 is 0 Å². The van der Waals surface area contributed by atoms with E-state index in [1.54, 1.807) is 0 Å². The van der Waals surface area contributed by atoms with Crippen molar-refractivity contribution in [3.63, 3.8) is 0 Å². The molecule has 0 aromatic carbocycles. The molecule has 1 N–H and O–H groups in total. The van der Waals surface area contributed by atoms with Crippen molar-refractivity contribution in [1.82, 2.24) is 4.98 Å². The van der Waals surface area contributed by atoms with Crippen molar-refractivity contribution in [1.29, 1.82) is 0 Å². The molecule has 0 bridgehead atoms. The first-order chi connectivity index (χ1) is 8.37. The lowest BCUT2D eigenvalue weighted by Gasteiger charge is -2.06. The number of sulfone groups is 1. The third kappa shape index (κ3) is 3.08. The van der Waals surface area contributed by atoms with Gasteiger partial charge in [-0.25, -0.2) is 13.4 Å². The molecule has 2 heterocycles. The highest BCUT2D eigenvalue weighted by atomic mass is 32.2. The van der Waals surface area contributed by atoms with Crippen LogP contribution in [-0.4, -0.2) is 30.8 Å². The first kappa shape index (κ1) is 13.5. The van der Waals surface area contributed by atoms with E-state index >= 15 is 0 Å². The summed E-state index contributed by atoms with van der Waals surface area (Å²) in [6.45, 7) is 4.06. The molecule has 100 valence electrons. The van der Waals surface area contributed by atoms with Gasteiger partial charge in [-0.2, -0.15) is 0 Å². The average Bonchev–Trinajstić information content (AvgIpc) is 2.84. The summed E-state index contributed by atoms with van der Waals surface area (Å²) in [7, 11) is -3.02. The molecule has 1 amide bonds. The van der Waals surface area contributed by atoms with Gasteiger partial charge in [-0.15, -0.1) is 11.3 Å². The van der Waals surface area contributed by atoms with Crippen LogP contribution in [0.5, 0.6) is 0 Å². The smallest absolute Gasteiger partial charge is 0.230 e. The fourth-order valence-corrected chi connectivity index (χ4v) is 4.43. The standard InChI is InChI=1S/C11H16N2O3S2/c1-7(2)9-5-17-11(12-9)13-10(14)8-3-4-18(15,16)6-8/h5,7-8H,3-4,6H2,1-2H3,(H,12,13,14). The third-order valence-corrected chi connectivity index (χ3v) is 5.49. The molecule has 2 rings (SSSR count). The van der Waals surface area contributed by atoms with Gasteiger partial charge in [0.25, 0.3) is 0 Å². The van der Waals surface area contributed by atoms with E-state index in [0.717, 1.165) is 5.69 Å². The van der Waals surface area contributed by atoms with Crippen LogP contribution >= 0.6 is 11.3 Å². The van der Waals surface area contributed by atoms with E-state index in [1.807, 2.05) is 19.2 Å². The SMILES string of the molecule is CC(C)c1csc(NC(=O)C2CCS(=O)(=O)C2)n1. The number of aromatic nitrogens is 1. The number of nitrogens with zero attached hydrogens (tertiary/aromatic N) is 1. The maximum Gasteiger partial charge on any atom is 0.230 e. The molecule has 1 atom stereocenters. The van der Waals surface area contributed by atoms with Gasteiger partial charge in [0, 0.05) is 5.38 Å². The minimum absolute atomic E-state index is 0.0404. The Bertz CT molecular complexity index is 548. The highest BCUT2D eigenvalue weighted by molar-refractivity contribution is 7.91. The largest absolute Gasteiger partial charge is 0.302 e. The van der Waals surface area contributed by atoms with E-state index in [2.05, 4.69) is 10.3 Å². The van der Waals surface area contributed by atoms with Crippen molar-refractivity contribution >= 4 is 32.2 Å². The fraction of sp³-hybridized carbons (Fsp3) is 0.636. The number of thiazole rings is 1. The molecular weight excluding hydrogens is 272 g/mol. The van der Waals surface area contributed by atoms with Crippen LogP contribution in [0.15, 0.2) is 5.38 Å². The van der Waals surface area contributed by atoms with Crippen molar-refractivity contribution in [2.75, 3.05) is 16.8 Å². The molecule has 1 fully saturated rings. The Labute approximate surface area is 111 Å². The Hall–Kier alpha value is -0.950. The number of carbonyl (C=O) groups excluding carboxylic acids is 1. The summed E-state index contributed by atoms with van der Waals surface area (Å²) in [5.41, 5.74) is 0.939. The van der Waals surface area contributed by atoms with E-state index in [1.165, 1.54) is 11.3 Å². The van der Waals surface area contributed by atoms with Crippen LogP contribution in [0.3, 0.4) is 0 Å². The van der Waals surface area contributed by atoms with Gasteiger partial charge in [-0.1, -0.05) is 13.8 Å². The molecule has 1 aliphatic heterocycles. The van der Waals surface area contributed by atoms with Gasteiger partial charge in [0.05, 0.1) is 23.1 Å². The van der Waals surface area contributed by atoms with Crippen molar-refractivity contribution in [2.45, 2.75) is 26.2 Å². The molecule has 1 aliphatic rings. The number of hydrogen-bond donors (Lipinski definition) is 1. The van der Waals surface area contributed by atoms with E-state index in [4.69, 9.17) is 0 Å². The molecule has 0 saturated carbocycles.